The van der Waals surface area contributed by atoms with Crippen LogP contribution in [0.15, 0.2) is 42.5 Å². The Bertz CT molecular complexity index is 936. The maximum absolute atomic E-state index is 11.0. The summed E-state index contributed by atoms with van der Waals surface area (Å²) >= 11 is 6.07. The highest BCUT2D eigenvalue weighted by Gasteiger charge is 2.10. The second-order valence-electron chi connectivity index (χ2n) is 6.51. The molecule has 6 heteroatoms. The number of halogens is 1. The quantitative estimate of drug-likeness (QED) is 0.593. The Labute approximate surface area is 164 Å². The number of nitrogens with one attached hydrogen (secondary N) is 1. The van der Waals surface area contributed by atoms with E-state index < -0.39 is 0 Å². The average Bonchev–Trinajstić information content (AvgIpc) is 2.99. The van der Waals surface area contributed by atoms with Crippen molar-refractivity contribution in [2.24, 2.45) is 0 Å². The first-order chi connectivity index (χ1) is 13.0. The SMILES string of the molecule is CC(=O)NCCCc1nc2ccccc2n1CCOc1ccc(Cl)c(C)c1. The summed E-state index contributed by atoms with van der Waals surface area (Å²) in [6.45, 7) is 5.40. The van der Waals surface area contributed by atoms with Crippen LogP contribution in [0.3, 0.4) is 0 Å². The molecule has 0 fully saturated rings. The Morgan fingerprint density at radius 2 is 2.07 bits per heavy atom. The molecule has 0 aliphatic carbocycles. The number of imidazole rings is 1. The minimum Gasteiger partial charge on any atom is -0.492 e. The molecule has 1 N–H and O–H groups in total. The van der Waals surface area contributed by atoms with Crippen molar-refractivity contribution in [2.75, 3.05) is 13.2 Å². The number of fused-ring (bicyclic) bond motifs is 1. The Kier molecular flexibility index (Phi) is 6.35. The zero-order valence-electron chi connectivity index (χ0n) is 15.7. The summed E-state index contributed by atoms with van der Waals surface area (Å²) in [6, 6.07) is 13.8. The normalized spacial score (nSPS) is 10.9. The lowest BCUT2D eigenvalue weighted by Crippen LogP contribution is -2.21. The molecule has 0 radical (unpaired) electrons. The molecular formula is C21H24ClN3O2. The van der Waals surface area contributed by atoms with Crippen LogP contribution in [-0.2, 0) is 17.8 Å². The first kappa shape index (κ1) is 19.2. The number of rotatable bonds is 8. The fraction of sp³-hybridized carbons (Fsp3) is 0.333. The van der Waals surface area contributed by atoms with Gasteiger partial charge in [0.15, 0.2) is 0 Å². The maximum Gasteiger partial charge on any atom is 0.216 e. The largest absolute Gasteiger partial charge is 0.492 e. The van der Waals surface area contributed by atoms with Gasteiger partial charge in [0.2, 0.25) is 5.91 Å². The highest BCUT2D eigenvalue weighted by molar-refractivity contribution is 6.31. The van der Waals surface area contributed by atoms with Gasteiger partial charge in [-0.2, -0.15) is 0 Å². The van der Waals surface area contributed by atoms with E-state index in [0.29, 0.717) is 19.7 Å². The molecule has 0 spiro atoms. The van der Waals surface area contributed by atoms with E-state index in [2.05, 4.69) is 16.0 Å². The van der Waals surface area contributed by atoms with E-state index in [9.17, 15) is 4.79 Å². The number of hydrogen-bond donors (Lipinski definition) is 1. The molecule has 0 bridgehead atoms. The molecule has 0 saturated carbocycles. The maximum atomic E-state index is 11.0. The van der Waals surface area contributed by atoms with Gasteiger partial charge in [0.25, 0.3) is 0 Å². The standard InChI is InChI=1S/C21H24ClN3O2/c1-15-14-17(9-10-18(15)22)27-13-12-25-20-7-4-3-6-19(20)24-21(25)8-5-11-23-16(2)26/h3-4,6-7,9-10,14H,5,8,11-13H2,1-2H3,(H,23,26). The average molecular weight is 386 g/mol. The van der Waals surface area contributed by atoms with Crippen LogP contribution in [0.1, 0.15) is 24.7 Å². The number of hydrogen-bond acceptors (Lipinski definition) is 3. The second-order valence-corrected chi connectivity index (χ2v) is 6.92. The van der Waals surface area contributed by atoms with E-state index in [0.717, 1.165) is 46.0 Å². The summed E-state index contributed by atoms with van der Waals surface area (Å²) in [7, 11) is 0. The van der Waals surface area contributed by atoms with Crippen molar-refractivity contribution in [3.05, 3.63) is 58.9 Å². The number of amides is 1. The zero-order chi connectivity index (χ0) is 19.2. The van der Waals surface area contributed by atoms with Crippen LogP contribution in [0, 0.1) is 6.92 Å². The first-order valence-corrected chi connectivity index (χ1v) is 9.50. The molecule has 2 aromatic carbocycles. The molecule has 0 saturated heterocycles. The van der Waals surface area contributed by atoms with E-state index in [1.54, 1.807) is 0 Å². The van der Waals surface area contributed by atoms with Gasteiger partial charge in [0, 0.05) is 24.9 Å². The molecule has 3 rings (SSSR count). The van der Waals surface area contributed by atoms with Crippen molar-refractivity contribution >= 4 is 28.5 Å². The van der Waals surface area contributed by atoms with Crippen LogP contribution in [0.25, 0.3) is 11.0 Å². The monoisotopic (exact) mass is 385 g/mol. The minimum atomic E-state index is -0.00448. The van der Waals surface area contributed by atoms with Gasteiger partial charge >= 0.3 is 0 Å². The number of carbonyl (C=O) groups is 1. The van der Waals surface area contributed by atoms with Crippen LogP contribution in [0.4, 0.5) is 0 Å². The molecule has 142 valence electrons. The van der Waals surface area contributed by atoms with E-state index in [1.807, 2.05) is 43.3 Å². The van der Waals surface area contributed by atoms with Crippen LogP contribution >= 0.6 is 11.6 Å². The van der Waals surface area contributed by atoms with E-state index in [1.165, 1.54) is 6.92 Å². The Hall–Kier alpha value is -2.53. The number of aromatic nitrogens is 2. The molecule has 27 heavy (non-hydrogen) atoms. The summed E-state index contributed by atoms with van der Waals surface area (Å²) in [5.74, 6) is 1.82. The molecule has 1 aromatic heterocycles. The molecular weight excluding hydrogens is 362 g/mol. The van der Waals surface area contributed by atoms with Gasteiger partial charge in [-0.15, -0.1) is 0 Å². The lowest BCUT2D eigenvalue weighted by Gasteiger charge is -2.12. The molecule has 1 amide bonds. The van der Waals surface area contributed by atoms with Gasteiger partial charge in [-0.3, -0.25) is 4.79 Å². The third-order valence-electron chi connectivity index (χ3n) is 4.40. The number of aryl methyl sites for hydroxylation is 2. The zero-order valence-corrected chi connectivity index (χ0v) is 16.4. The van der Waals surface area contributed by atoms with Crippen molar-refractivity contribution in [1.29, 1.82) is 0 Å². The second kappa shape index (κ2) is 8.91. The predicted octanol–water partition coefficient (Wildman–Crippen LogP) is 4.15. The van der Waals surface area contributed by atoms with Crippen molar-refractivity contribution in [3.8, 4) is 5.75 Å². The predicted molar refractivity (Wildman–Crippen MR) is 108 cm³/mol. The van der Waals surface area contributed by atoms with Gasteiger partial charge in [-0.05, 0) is 49.2 Å². The lowest BCUT2D eigenvalue weighted by molar-refractivity contribution is -0.118. The molecule has 0 aliphatic rings. The molecule has 1 heterocycles. The summed E-state index contributed by atoms with van der Waals surface area (Å²) in [5.41, 5.74) is 3.08. The van der Waals surface area contributed by atoms with Crippen LogP contribution in [0.5, 0.6) is 5.75 Å². The summed E-state index contributed by atoms with van der Waals surface area (Å²) in [5, 5.41) is 3.57. The number of nitrogens with zero attached hydrogens (tertiary/aromatic N) is 2. The molecule has 3 aromatic rings. The summed E-state index contributed by atoms with van der Waals surface area (Å²) in [6.07, 6.45) is 1.65. The topological polar surface area (TPSA) is 56.2 Å². The van der Waals surface area contributed by atoms with Gasteiger partial charge in [-0.1, -0.05) is 23.7 Å². The van der Waals surface area contributed by atoms with Crippen molar-refractivity contribution < 1.29 is 9.53 Å². The smallest absolute Gasteiger partial charge is 0.216 e. The highest BCUT2D eigenvalue weighted by Crippen LogP contribution is 2.22. The van der Waals surface area contributed by atoms with E-state index in [4.69, 9.17) is 21.3 Å². The number of benzene rings is 2. The van der Waals surface area contributed by atoms with Crippen molar-refractivity contribution in [3.63, 3.8) is 0 Å². The summed E-state index contributed by atoms with van der Waals surface area (Å²) < 4.78 is 8.11. The summed E-state index contributed by atoms with van der Waals surface area (Å²) in [4.78, 5) is 15.8. The number of para-hydroxylation sites is 2. The first-order valence-electron chi connectivity index (χ1n) is 9.12. The number of ether oxygens (including phenoxy) is 1. The van der Waals surface area contributed by atoms with E-state index >= 15 is 0 Å². The van der Waals surface area contributed by atoms with Gasteiger partial charge in [-0.25, -0.2) is 4.98 Å². The van der Waals surface area contributed by atoms with Crippen LogP contribution < -0.4 is 10.1 Å². The Morgan fingerprint density at radius 1 is 1.26 bits per heavy atom. The Balaban J connectivity index is 1.68. The van der Waals surface area contributed by atoms with Gasteiger partial charge < -0.3 is 14.6 Å². The van der Waals surface area contributed by atoms with Crippen molar-refractivity contribution in [1.82, 2.24) is 14.9 Å². The molecule has 5 nitrogen and oxygen atoms in total. The fourth-order valence-corrected chi connectivity index (χ4v) is 3.16. The highest BCUT2D eigenvalue weighted by atomic mass is 35.5. The third-order valence-corrected chi connectivity index (χ3v) is 4.82. The third kappa shape index (κ3) is 5.01. The van der Waals surface area contributed by atoms with Gasteiger partial charge in [0.05, 0.1) is 17.6 Å². The number of carbonyl (C=O) groups excluding carboxylic acids is 1. The van der Waals surface area contributed by atoms with Crippen LogP contribution in [-0.4, -0.2) is 28.6 Å². The lowest BCUT2D eigenvalue weighted by atomic mass is 10.2. The Morgan fingerprint density at radius 3 is 2.85 bits per heavy atom. The van der Waals surface area contributed by atoms with Gasteiger partial charge in [0.1, 0.15) is 18.2 Å². The molecule has 0 unspecified atom stereocenters. The van der Waals surface area contributed by atoms with Crippen molar-refractivity contribution in [2.45, 2.75) is 33.2 Å². The van der Waals surface area contributed by atoms with E-state index in [-0.39, 0.29) is 5.91 Å². The minimum absolute atomic E-state index is 0.00448. The molecule has 0 aliphatic heterocycles. The van der Waals surface area contributed by atoms with Crippen LogP contribution in [0.2, 0.25) is 5.02 Å². The fourth-order valence-electron chi connectivity index (χ4n) is 3.04. The molecule has 0 atom stereocenters.